The van der Waals surface area contributed by atoms with Crippen LogP contribution >= 0.6 is 15.9 Å². The lowest BCUT2D eigenvalue weighted by Gasteiger charge is -2.15. The van der Waals surface area contributed by atoms with E-state index in [9.17, 15) is 0 Å². The second-order valence-corrected chi connectivity index (χ2v) is 5.70. The fraction of sp³-hybridized carbons (Fsp3) is 0.250. The predicted octanol–water partition coefficient (Wildman–Crippen LogP) is 5.23. The maximum Gasteiger partial charge on any atom is 0.0250 e. The number of allylic oxidation sites excluding steroid dienone is 5. The van der Waals surface area contributed by atoms with E-state index >= 15 is 0 Å². The van der Waals surface area contributed by atoms with Crippen molar-refractivity contribution in [3.8, 4) is 0 Å². The molecular formula is C16H15Br. The van der Waals surface area contributed by atoms with E-state index in [-0.39, 0.29) is 0 Å². The third kappa shape index (κ3) is 1.93. The summed E-state index contributed by atoms with van der Waals surface area (Å²) in [6.07, 6.45) is 11.3. The van der Waals surface area contributed by atoms with E-state index < -0.39 is 0 Å². The number of hydrogen-bond donors (Lipinski definition) is 0. The fourth-order valence-corrected chi connectivity index (χ4v) is 3.26. The van der Waals surface area contributed by atoms with E-state index in [4.69, 9.17) is 0 Å². The van der Waals surface area contributed by atoms with Gasteiger partial charge in [0, 0.05) is 10.4 Å². The van der Waals surface area contributed by atoms with Gasteiger partial charge >= 0.3 is 0 Å². The molecule has 0 bridgehead atoms. The molecule has 0 aliphatic heterocycles. The van der Waals surface area contributed by atoms with Crippen molar-refractivity contribution in [2.45, 2.75) is 25.7 Å². The van der Waals surface area contributed by atoms with Crippen LogP contribution in [-0.4, -0.2) is 0 Å². The molecule has 1 heteroatoms. The molecule has 0 nitrogen and oxygen atoms in total. The van der Waals surface area contributed by atoms with Crippen LogP contribution in [-0.2, 0) is 0 Å². The number of halogens is 1. The quantitative estimate of drug-likeness (QED) is 0.699. The van der Waals surface area contributed by atoms with Crippen molar-refractivity contribution in [1.82, 2.24) is 0 Å². The summed E-state index contributed by atoms with van der Waals surface area (Å²) >= 11 is 3.64. The predicted molar refractivity (Wildman–Crippen MR) is 77.0 cm³/mol. The molecule has 0 heterocycles. The van der Waals surface area contributed by atoms with E-state index in [1.165, 1.54) is 27.6 Å². The van der Waals surface area contributed by atoms with Crippen LogP contribution in [0.1, 0.15) is 36.8 Å². The number of hydrogen-bond acceptors (Lipinski definition) is 0. The molecule has 1 aromatic rings. The molecule has 0 spiro atoms. The normalized spacial score (nSPS) is 21.4. The minimum atomic E-state index is 0.577. The lowest BCUT2D eigenvalue weighted by molar-refractivity contribution is 0.784. The van der Waals surface area contributed by atoms with Gasteiger partial charge in [0.05, 0.1) is 0 Å². The Bertz CT molecular complexity index is 547. The number of fused-ring (bicyclic) bond motifs is 1. The average Bonchev–Trinajstić information content (AvgIpc) is 2.91. The third-order valence-corrected chi connectivity index (χ3v) is 4.39. The Balaban J connectivity index is 1.93. The lowest BCUT2D eigenvalue weighted by atomic mass is 9.89. The molecule has 2 aliphatic carbocycles. The van der Waals surface area contributed by atoms with Crippen LogP contribution in [0.4, 0.5) is 0 Å². The first-order valence-corrected chi connectivity index (χ1v) is 6.86. The van der Waals surface area contributed by atoms with Crippen molar-refractivity contribution in [3.63, 3.8) is 0 Å². The minimum Gasteiger partial charge on any atom is -0.0805 e. The summed E-state index contributed by atoms with van der Waals surface area (Å²) in [6, 6.07) is 6.53. The molecular weight excluding hydrogens is 272 g/mol. The summed E-state index contributed by atoms with van der Waals surface area (Å²) in [5.41, 5.74) is 5.89. The highest BCUT2D eigenvalue weighted by atomic mass is 79.9. The van der Waals surface area contributed by atoms with Gasteiger partial charge in [-0.05, 0) is 37.0 Å². The van der Waals surface area contributed by atoms with Gasteiger partial charge in [-0.1, -0.05) is 63.5 Å². The Morgan fingerprint density at radius 2 is 2.24 bits per heavy atom. The second-order valence-electron chi connectivity index (χ2n) is 4.84. The van der Waals surface area contributed by atoms with Crippen molar-refractivity contribution in [2.75, 3.05) is 0 Å². The zero-order valence-electron chi connectivity index (χ0n) is 9.91. The molecule has 2 aliphatic rings. The van der Waals surface area contributed by atoms with Crippen LogP contribution in [0.5, 0.6) is 0 Å². The Morgan fingerprint density at radius 3 is 3.00 bits per heavy atom. The maximum absolute atomic E-state index is 3.64. The molecule has 0 N–H and O–H groups in total. The first-order chi connectivity index (χ1) is 8.25. The first kappa shape index (κ1) is 11.0. The molecule has 0 saturated carbocycles. The molecule has 0 amide bonds. The molecule has 1 aromatic carbocycles. The van der Waals surface area contributed by atoms with Crippen LogP contribution in [0.25, 0.3) is 6.08 Å². The standard InChI is InChI=1S/C16H15Br/c1-11-9-15-13(7-4-8-16(15)17)14(11)10-12-5-2-3-6-12/h2-5,7-9,14H,6,10H2,1H3. The molecule has 17 heavy (non-hydrogen) atoms. The molecule has 0 saturated heterocycles. The van der Waals surface area contributed by atoms with Gasteiger partial charge in [-0.2, -0.15) is 0 Å². The highest BCUT2D eigenvalue weighted by molar-refractivity contribution is 9.10. The summed E-state index contributed by atoms with van der Waals surface area (Å²) in [4.78, 5) is 0. The average molecular weight is 287 g/mol. The van der Waals surface area contributed by atoms with Gasteiger partial charge < -0.3 is 0 Å². The lowest BCUT2D eigenvalue weighted by Crippen LogP contribution is -1.98. The largest absolute Gasteiger partial charge is 0.0805 e. The molecule has 3 rings (SSSR count). The van der Waals surface area contributed by atoms with Gasteiger partial charge in [-0.15, -0.1) is 0 Å². The van der Waals surface area contributed by atoms with Crippen molar-refractivity contribution in [1.29, 1.82) is 0 Å². The molecule has 0 aromatic heterocycles. The van der Waals surface area contributed by atoms with E-state index in [1.807, 2.05) is 0 Å². The zero-order valence-corrected chi connectivity index (χ0v) is 11.5. The second kappa shape index (κ2) is 4.30. The Kier molecular flexibility index (Phi) is 2.79. The van der Waals surface area contributed by atoms with E-state index in [0.29, 0.717) is 5.92 Å². The highest BCUT2D eigenvalue weighted by Gasteiger charge is 2.24. The summed E-state index contributed by atoms with van der Waals surface area (Å²) in [7, 11) is 0. The molecule has 1 atom stereocenters. The molecule has 1 unspecified atom stereocenters. The SMILES string of the molecule is CC1=Cc2c(Br)cccc2C1CC1=CC=CC1. The summed E-state index contributed by atoms with van der Waals surface area (Å²) < 4.78 is 1.22. The fourth-order valence-electron chi connectivity index (χ4n) is 2.76. The first-order valence-electron chi connectivity index (χ1n) is 6.07. The van der Waals surface area contributed by atoms with Crippen molar-refractivity contribution >= 4 is 22.0 Å². The monoisotopic (exact) mass is 286 g/mol. The van der Waals surface area contributed by atoms with Crippen molar-refractivity contribution < 1.29 is 0 Å². The van der Waals surface area contributed by atoms with Crippen LogP contribution < -0.4 is 0 Å². The van der Waals surface area contributed by atoms with Gasteiger partial charge in [0.25, 0.3) is 0 Å². The van der Waals surface area contributed by atoms with Gasteiger partial charge in [0.15, 0.2) is 0 Å². The van der Waals surface area contributed by atoms with Crippen LogP contribution in [0.3, 0.4) is 0 Å². The van der Waals surface area contributed by atoms with Gasteiger partial charge in [-0.25, -0.2) is 0 Å². The van der Waals surface area contributed by atoms with Gasteiger partial charge in [0.2, 0.25) is 0 Å². The minimum absolute atomic E-state index is 0.577. The van der Waals surface area contributed by atoms with E-state index in [0.717, 1.165) is 6.42 Å². The van der Waals surface area contributed by atoms with Crippen LogP contribution in [0.2, 0.25) is 0 Å². The van der Waals surface area contributed by atoms with Crippen molar-refractivity contribution in [2.24, 2.45) is 0 Å². The van der Waals surface area contributed by atoms with Gasteiger partial charge in [0.1, 0.15) is 0 Å². The summed E-state index contributed by atoms with van der Waals surface area (Å²) in [5.74, 6) is 0.577. The number of rotatable bonds is 2. The Morgan fingerprint density at radius 1 is 1.35 bits per heavy atom. The summed E-state index contributed by atoms with van der Waals surface area (Å²) in [6.45, 7) is 2.25. The maximum atomic E-state index is 3.64. The Labute approximate surface area is 111 Å². The Hall–Kier alpha value is -1.08. The van der Waals surface area contributed by atoms with Crippen LogP contribution in [0, 0.1) is 0 Å². The van der Waals surface area contributed by atoms with Crippen molar-refractivity contribution in [3.05, 3.63) is 63.2 Å². The van der Waals surface area contributed by atoms with E-state index in [1.54, 1.807) is 5.57 Å². The molecule has 0 radical (unpaired) electrons. The smallest absolute Gasteiger partial charge is 0.0250 e. The highest BCUT2D eigenvalue weighted by Crippen LogP contribution is 2.43. The third-order valence-electron chi connectivity index (χ3n) is 3.70. The summed E-state index contributed by atoms with van der Waals surface area (Å²) in [5, 5.41) is 0. The number of benzene rings is 1. The topological polar surface area (TPSA) is 0 Å². The molecule has 0 fully saturated rings. The van der Waals surface area contributed by atoms with E-state index in [2.05, 4.69) is 65.4 Å². The van der Waals surface area contributed by atoms with Crippen LogP contribution in [0.15, 0.2) is 52.0 Å². The molecule has 86 valence electrons. The zero-order chi connectivity index (χ0) is 11.8. The van der Waals surface area contributed by atoms with Gasteiger partial charge in [-0.3, -0.25) is 0 Å².